The Morgan fingerprint density at radius 1 is 1.00 bits per heavy atom. The minimum atomic E-state index is -0.118. The Labute approximate surface area is 201 Å². The van der Waals surface area contributed by atoms with Crippen molar-refractivity contribution in [2.45, 2.75) is 5.16 Å². The number of benzene rings is 3. The van der Waals surface area contributed by atoms with Crippen molar-refractivity contribution in [3.8, 4) is 28.4 Å². The van der Waals surface area contributed by atoms with E-state index in [9.17, 15) is 4.79 Å². The molecule has 6 nitrogen and oxygen atoms in total. The molecule has 33 heavy (non-hydrogen) atoms. The third kappa shape index (κ3) is 5.32. The molecule has 0 radical (unpaired) electrons. The van der Waals surface area contributed by atoms with Gasteiger partial charge in [-0.1, -0.05) is 53.7 Å². The normalized spacial score (nSPS) is 10.6. The molecule has 0 spiro atoms. The van der Waals surface area contributed by atoms with E-state index in [0.717, 1.165) is 22.6 Å². The molecule has 8 heteroatoms. The molecule has 0 unspecified atom stereocenters. The summed E-state index contributed by atoms with van der Waals surface area (Å²) in [4.78, 5) is 17.3. The Kier molecular flexibility index (Phi) is 7.22. The van der Waals surface area contributed by atoms with E-state index in [1.807, 2.05) is 83.6 Å². The number of para-hydroxylation sites is 2. The van der Waals surface area contributed by atoms with Crippen LogP contribution in [0.15, 0.2) is 84.1 Å². The maximum Gasteiger partial charge on any atom is 0.234 e. The zero-order valence-electron chi connectivity index (χ0n) is 18.1. The van der Waals surface area contributed by atoms with Gasteiger partial charge in [0.15, 0.2) is 16.7 Å². The number of halogens is 1. The number of rotatable bonds is 8. The third-order valence-corrected chi connectivity index (χ3v) is 6.13. The lowest BCUT2D eigenvalue weighted by Crippen LogP contribution is -2.14. The highest BCUT2D eigenvalue weighted by atomic mass is 35.5. The summed E-state index contributed by atoms with van der Waals surface area (Å²) in [6.07, 6.45) is 1.90. The minimum absolute atomic E-state index is 0.118. The molecule has 4 rings (SSSR count). The number of ether oxygens (including phenoxy) is 2. The first kappa shape index (κ1) is 22.8. The number of hydrogen-bond acceptors (Lipinski definition) is 5. The number of nitrogens with one attached hydrogen (secondary N) is 1. The summed E-state index contributed by atoms with van der Waals surface area (Å²) in [7, 11) is 3.19. The highest BCUT2D eigenvalue weighted by Crippen LogP contribution is 2.34. The van der Waals surface area contributed by atoms with E-state index in [4.69, 9.17) is 26.1 Å². The van der Waals surface area contributed by atoms with Crippen LogP contribution in [0.3, 0.4) is 0 Å². The van der Waals surface area contributed by atoms with Crippen LogP contribution in [0, 0.1) is 0 Å². The molecule has 3 aromatic carbocycles. The molecule has 0 aliphatic heterocycles. The van der Waals surface area contributed by atoms with Crippen molar-refractivity contribution in [2.24, 2.45) is 0 Å². The first-order valence-electron chi connectivity index (χ1n) is 10.1. The molecule has 0 aliphatic rings. The zero-order chi connectivity index (χ0) is 23.2. The average Bonchev–Trinajstić information content (AvgIpc) is 3.27. The largest absolute Gasteiger partial charge is 0.493 e. The second-order valence-corrected chi connectivity index (χ2v) is 8.35. The van der Waals surface area contributed by atoms with Crippen LogP contribution >= 0.6 is 23.4 Å². The predicted octanol–water partition coefficient (Wildman–Crippen LogP) is 5.94. The Bertz CT molecular complexity index is 1260. The van der Waals surface area contributed by atoms with E-state index in [2.05, 4.69) is 5.32 Å². The van der Waals surface area contributed by atoms with Gasteiger partial charge in [0.2, 0.25) is 5.91 Å². The number of amides is 1. The van der Waals surface area contributed by atoms with Crippen LogP contribution < -0.4 is 14.8 Å². The molecule has 0 atom stereocenters. The molecule has 1 aromatic heterocycles. The molecular weight excluding hydrogens is 458 g/mol. The van der Waals surface area contributed by atoms with Gasteiger partial charge in [0.05, 0.1) is 36.4 Å². The molecule has 0 bridgehead atoms. The first-order chi connectivity index (χ1) is 16.1. The smallest absolute Gasteiger partial charge is 0.234 e. The van der Waals surface area contributed by atoms with Gasteiger partial charge in [-0.2, -0.15) is 0 Å². The SMILES string of the molecule is COc1ccc(-c2cn(-c3ccccc3Cl)c(SCC(=O)Nc3ccccc3)n2)cc1OC. The highest BCUT2D eigenvalue weighted by Gasteiger charge is 2.16. The quantitative estimate of drug-likeness (QED) is 0.317. The number of methoxy groups -OCH3 is 2. The third-order valence-electron chi connectivity index (χ3n) is 4.85. The molecule has 0 saturated carbocycles. The molecular formula is C25H22ClN3O3S. The summed E-state index contributed by atoms with van der Waals surface area (Å²) in [6, 6.07) is 22.5. The Morgan fingerprint density at radius 2 is 1.73 bits per heavy atom. The van der Waals surface area contributed by atoms with Crippen LogP contribution in [0.5, 0.6) is 11.5 Å². The topological polar surface area (TPSA) is 65.4 Å². The monoisotopic (exact) mass is 479 g/mol. The number of carbonyl (C=O) groups is 1. The molecule has 0 fully saturated rings. The fourth-order valence-electron chi connectivity index (χ4n) is 3.27. The summed E-state index contributed by atoms with van der Waals surface area (Å²) >= 11 is 7.81. The van der Waals surface area contributed by atoms with Gasteiger partial charge >= 0.3 is 0 Å². The lowest BCUT2D eigenvalue weighted by molar-refractivity contribution is -0.113. The van der Waals surface area contributed by atoms with Crippen LogP contribution in [0.25, 0.3) is 16.9 Å². The first-order valence-corrected chi connectivity index (χ1v) is 11.5. The van der Waals surface area contributed by atoms with Gasteiger partial charge in [-0.05, 0) is 42.5 Å². The van der Waals surface area contributed by atoms with Crippen molar-refractivity contribution in [1.82, 2.24) is 9.55 Å². The van der Waals surface area contributed by atoms with Crippen LogP contribution in [-0.4, -0.2) is 35.4 Å². The number of aromatic nitrogens is 2. The maximum atomic E-state index is 12.5. The number of hydrogen-bond donors (Lipinski definition) is 1. The van der Waals surface area contributed by atoms with Gasteiger partial charge in [0, 0.05) is 17.4 Å². The second-order valence-electron chi connectivity index (χ2n) is 7.00. The van der Waals surface area contributed by atoms with Gasteiger partial charge in [0.1, 0.15) is 0 Å². The van der Waals surface area contributed by atoms with Crippen molar-refractivity contribution >= 4 is 35.0 Å². The summed E-state index contributed by atoms with van der Waals surface area (Å²) in [5.74, 6) is 1.33. The fourth-order valence-corrected chi connectivity index (χ4v) is 4.28. The van der Waals surface area contributed by atoms with E-state index >= 15 is 0 Å². The minimum Gasteiger partial charge on any atom is -0.493 e. The van der Waals surface area contributed by atoms with Gasteiger partial charge in [0.25, 0.3) is 0 Å². The number of anilines is 1. The van der Waals surface area contributed by atoms with Crippen molar-refractivity contribution in [2.75, 3.05) is 25.3 Å². The number of thioether (sulfide) groups is 1. The highest BCUT2D eigenvalue weighted by molar-refractivity contribution is 7.99. The Balaban J connectivity index is 1.64. The van der Waals surface area contributed by atoms with Crippen LogP contribution in [0.4, 0.5) is 5.69 Å². The average molecular weight is 480 g/mol. The summed E-state index contributed by atoms with van der Waals surface area (Å²) in [5, 5.41) is 4.13. The molecule has 1 heterocycles. The van der Waals surface area contributed by atoms with E-state index in [-0.39, 0.29) is 11.7 Å². The lowest BCUT2D eigenvalue weighted by atomic mass is 10.1. The number of nitrogens with zero attached hydrogens (tertiary/aromatic N) is 2. The van der Waals surface area contributed by atoms with Crippen LogP contribution in [-0.2, 0) is 4.79 Å². The maximum absolute atomic E-state index is 12.5. The Morgan fingerprint density at radius 3 is 2.45 bits per heavy atom. The zero-order valence-corrected chi connectivity index (χ0v) is 19.7. The molecule has 0 saturated heterocycles. The summed E-state index contributed by atoms with van der Waals surface area (Å²) in [5.41, 5.74) is 3.11. The number of carbonyl (C=O) groups excluding carboxylic acids is 1. The molecule has 0 aliphatic carbocycles. The van der Waals surface area contributed by atoms with E-state index in [0.29, 0.717) is 21.7 Å². The van der Waals surface area contributed by atoms with Gasteiger partial charge in [-0.15, -0.1) is 0 Å². The van der Waals surface area contributed by atoms with Crippen molar-refractivity contribution < 1.29 is 14.3 Å². The molecule has 168 valence electrons. The van der Waals surface area contributed by atoms with Crippen LogP contribution in [0.1, 0.15) is 0 Å². The van der Waals surface area contributed by atoms with E-state index in [1.165, 1.54) is 11.8 Å². The fraction of sp³-hybridized carbons (Fsp3) is 0.120. The van der Waals surface area contributed by atoms with Crippen LogP contribution in [0.2, 0.25) is 5.02 Å². The van der Waals surface area contributed by atoms with Crippen molar-refractivity contribution in [3.05, 3.63) is 84.0 Å². The van der Waals surface area contributed by atoms with Gasteiger partial charge in [-0.3, -0.25) is 9.36 Å². The van der Waals surface area contributed by atoms with Crippen molar-refractivity contribution in [1.29, 1.82) is 0 Å². The van der Waals surface area contributed by atoms with Gasteiger partial charge in [-0.25, -0.2) is 4.98 Å². The summed E-state index contributed by atoms with van der Waals surface area (Å²) in [6.45, 7) is 0. The predicted molar refractivity (Wildman–Crippen MR) is 133 cm³/mol. The van der Waals surface area contributed by atoms with E-state index in [1.54, 1.807) is 14.2 Å². The summed E-state index contributed by atoms with van der Waals surface area (Å²) < 4.78 is 12.7. The van der Waals surface area contributed by atoms with Crippen molar-refractivity contribution in [3.63, 3.8) is 0 Å². The standard InChI is InChI=1S/C25H22ClN3O3S/c1-31-22-13-12-17(14-23(22)32-2)20-15-29(21-11-7-6-10-19(21)26)25(28-20)33-16-24(30)27-18-8-4-3-5-9-18/h3-15H,16H2,1-2H3,(H,27,30). The van der Waals surface area contributed by atoms with Gasteiger partial charge < -0.3 is 14.8 Å². The van der Waals surface area contributed by atoms with E-state index < -0.39 is 0 Å². The second kappa shape index (κ2) is 10.5. The molecule has 1 N–H and O–H groups in total. The Hall–Kier alpha value is -3.42. The lowest BCUT2D eigenvalue weighted by Gasteiger charge is -2.09. The number of imidazole rings is 1. The molecule has 1 amide bonds. The molecule has 4 aromatic rings.